The third-order valence-corrected chi connectivity index (χ3v) is 1.73. The van der Waals surface area contributed by atoms with Gasteiger partial charge in [-0.1, -0.05) is 5.11 Å². The summed E-state index contributed by atoms with van der Waals surface area (Å²) < 4.78 is 0. The van der Waals surface area contributed by atoms with Crippen molar-refractivity contribution < 1.29 is 0 Å². The molecule has 0 aliphatic rings. The highest BCUT2D eigenvalue weighted by molar-refractivity contribution is 5.28. The smallest absolute Gasteiger partial charge is 0.0531 e. The van der Waals surface area contributed by atoms with Gasteiger partial charge in [0.25, 0.3) is 0 Å². The lowest BCUT2D eigenvalue weighted by Crippen LogP contribution is -1.83. The van der Waals surface area contributed by atoms with Crippen molar-refractivity contribution in [3.05, 3.63) is 33.5 Å². The van der Waals surface area contributed by atoms with Crippen molar-refractivity contribution in [1.29, 1.82) is 0 Å². The fraction of sp³-hybridized carbons (Fsp3) is 0.429. The second-order valence-electron chi connectivity index (χ2n) is 2.46. The van der Waals surface area contributed by atoms with Crippen LogP contribution in [-0.2, 0) is 6.54 Å². The molecule has 0 aliphatic carbocycles. The second-order valence-corrected chi connectivity index (χ2v) is 2.46. The zero-order chi connectivity index (χ0) is 8.27. The van der Waals surface area contributed by atoms with Crippen LogP contribution in [0.5, 0.6) is 0 Å². The fourth-order valence-corrected chi connectivity index (χ4v) is 1.03. The van der Waals surface area contributed by atoms with Crippen LogP contribution in [-0.4, -0.2) is 4.98 Å². The van der Waals surface area contributed by atoms with Crippen molar-refractivity contribution in [3.8, 4) is 0 Å². The first-order valence-electron chi connectivity index (χ1n) is 3.40. The van der Waals surface area contributed by atoms with Crippen LogP contribution in [0.15, 0.2) is 11.3 Å². The Labute approximate surface area is 64.9 Å². The summed E-state index contributed by atoms with van der Waals surface area (Å²) in [5, 5.41) is 3.50. The van der Waals surface area contributed by atoms with Crippen LogP contribution >= 0.6 is 0 Å². The van der Waals surface area contributed by atoms with Crippen molar-refractivity contribution in [3.63, 3.8) is 0 Å². The predicted molar refractivity (Wildman–Crippen MR) is 43.1 cm³/mol. The van der Waals surface area contributed by atoms with E-state index in [1.165, 1.54) is 0 Å². The van der Waals surface area contributed by atoms with Gasteiger partial charge in [-0.2, -0.15) is 0 Å². The highest BCUT2D eigenvalue weighted by Gasteiger charge is 2.01. The molecule has 0 spiro atoms. The Balaban J connectivity index is 2.91. The average Bonchev–Trinajstić information content (AvgIpc) is 2.29. The summed E-state index contributed by atoms with van der Waals surface area (Å²) in [6, 6.07) is 0. The first kappa shape index (κ1) is 7.69. The molecule has 11 heavy (non-hydrogen) atoms. The molecule has 0 saturated carbocycles. The van der Waals surface area contributed by atoms with E-state index in [0.29, 0.717) is 6.54 Å². The van der Waals surface area contributed by atoms with Crippen LogP contribution in [0.25, 0.3) is 10.4 Å². The van der Waals surface area contributed by atoms with E-state index in [1.807, 2.05) is 20.0 Å². The first-order valence-corrected chi connectivity index (χ1v) is 3.40. The SMILES string of the molecule is Cc1c[nH]c(C)c1CN=[N+]=[N-]. The number of rotatable bonds is 2. The molecule has 1 N–H and O–H groups in total. The molecular weight excluding hydrogens is 140 g/mol. The Bertz CT molecular complexity index is 274. The molecule has 1 rings (SSSR count). The molecule has 0 atom stereocenters. The van der Waals surface area contributed by atoms with Crippen molar-refractivity contribution in [2.75, 3.05) is 0 Å². The zero-order valence-corrected chi connectivity index (χ0v) is 6.63. The monoisotopic (exact) mass is 150 g/mol. The van der Waals surface area contributed by atoms with E-state index >= 15 is 0 Å². The van der Waals surface area contributed by atoms with Gasteiger partial charge in [0.15, 0.2) is 0 Å². The van der Waals surface area contributed by atoms with Crippen molar-refractivity contribution in [1.82, 2.24) is 4.98 Å². The van der Waals surface area contributed by atoms with Crippen LogP contribution in [0.3, 0.4) is 0 Å². The highest BCUT2D eigenvalue weighted by Crippen LogP contribution is 2.12. The molecule has 0 radical (unpaired) electrons. The number of hydrogen-bond acceptors (Lipinski definition) is 1. The van der Waals surface area contributed by atoms with Crippen molar-refractivity contribution >= 4 is 0 Å². The van der Waals surface area contributed by atoms with E-state index in [-0.39, 0.29) is 0 Å². The minimum Gasteiger partial charge on any atom is -0.365 e. The number of hydrogen-bond donors (Lipinski definition) is 1. The number of azide groups is 1. The molecule has 1 aromatic rings. The van der Waals surface area contributed by atoms with Gasteiger partial charge < -0.3 is 4.98 Å². The standard InChI is InChI=1S/C7H10N4/c1-5-3-9-6(2)7(5)4-10-11-8/h3,9H,4H2,1-2H3. The number of aryl methyl sites for hydroxylation is 2. The Hall–Kier alpha value is -1.41. The molecule has 0 saturated heterocycles. The number of nitrogens with zero attached hydrogens (tertiary/aromatic N) is 3. The Morgan fingerprint density at radius 2 is 2.36 bits per heavy atom. The summed E-state index contributed by atoms with van der Waals surface area (Å²) in [5.41, 5.74) is 11.4. The van der Waals surface area contributed by atoms with E-state index in [2.05, 4.69) is 15.0 Å². The molecule has 0 aliphatic heterocycles. The maximum atomic E-state index is 8.09. The van der Waals surface area contributed by atoms with Gasteiger partial charge in [0.2, 0.25) is 0 Å². The third-order valence-electron chi connectivity index (χ3n) is 1.73. The highest BCUT2D eigenvalue weighted by atomic mass is 15.1. The summed E-state index contributed by atoms with van der Waals surface area (Å²) in [4.78, 5) is 5.77. The Morgan fingerprint density at radius 3 is 2.82 bits per heavy atom. The van der Waals surface area contributed by atoms with E-state index < -0.39 is 0 Å². The third kappa shape index (κ3) is 1.53. The van der Waals surface area contributed by atoms with Crippen LogP contribution in [0.1, 0.15) is 16.8 Å². The van der Waals surface area contributed by atoms with Crippen LogP contribution in [0, 0.1) is 13.8 Å². The number of aromatic amines is 1. The number of nitrogens with one attached hydrogen (secondary N) is 1. The normalized spacial score (nSPS) is 9.27. The molecule has 0 aromatic carbocycles. The molecule has 0 fully saturated rings. The van der Waals surface area contributed by atoms with Gasteiger partial charge in [0.1, 0.15) is 0 Å². The lowest BCUT2D eigenvalue weighted by atomic mass is 10.2. The van der Waals surface area contributed by atoms with Gasteiger partial charge in [-0.3, -0.25) is 0 Å². The Kier molecular flexibility index (Phi) is 2.18. The lowest BCUT2D eigenvalue weighted by Gasteiger charge is -1.93. The molecule has 0 bridgehead atoms. The maximum Gasteiger partial charge on any atom is 0.0531 e. The predicted octanol–water partition coefficient (Wildman–Crippen LogP) is 2.44. The molecule has 58 valence electrons. The average molecular weight is 150 g/mol. The topological polar surface area (TPSA) is 64.5 Å². The van der Waals surface area contributed by atoms with E-state index in [1.54, 1.807) is 0 Å². The van der Waals surface area contributed by atoms with E-state index in [4.69, 9.17) is 5.53 Å². The van der Waals surface area contributed by atoms with Gasteiger partial charge in [-0.05, 0) is 30.5 Å². The minimum absolute atomic E-state index is 0.442. The van der Waals surface area contributed by atoms with Crippen LogP contribution in [0.4, 0.5) is 0 Å². The molecular formula is C7H10N4. The molecule has 4 nitrogen and oxygen atoms in total. The summed E-state index contributed by atoms with van der Waals surface area (Å²) >= 11 is 0. The summed E-state index contributed by atoms with van der Waals surface area (Å²) in [6.45, 7) is 4.40. The lowest BCUT2D eigenvalue weighted by molar-refractivity contribution is 1.01. The summed E-state index contributed by atoms with van der Waals surface area (Å²) in [6.07, 6.45) is 1.91. The quantitative estimate of drug-likeness (QED) is 0.382. The molecule has 0 amide bonds. The molecule has 1 aromatic heterocycles. The van der Waals surface area contributed by atoms with Gasteiger partial charge in [-0.25, -0.2) is 0 Å². The molecule has 1 heterocycles. The summed E-state index contributed by atoms with van der Waals surface area (Å²) in [5.74, 6) is 0. The van der Waals surface area contributed by atoms with Gasteiger partial charge in [0.05, 0.1) is 6.54 Å². The van der Waals surface area contributed by atoms with Gasteiger partial charge >= 0.3 is 0 Å². The number of aromatic nitrogens is 1. The van der Waals surface area contributed by atoms with Crippen molar-refractivity contribution in [2.24, 2.45) is 5.11 Å². The van der Waals surface area contributed by atoms with Crippen LogP contribution < -0.4 is 0 Å². The zero-order valence-electron chi connectivity index (χ0n) is 6.63. The second kappa shape index (κ2) is 3.12. The van der Waals surface area contributed by atoms with Crippen LogP contribution in [0.2, 0.25) is 0 Å². The minimum atomic E-state index is 0.442. The van der Waals surface area contributed by atoms with E-state index in [9.17, 15) is 0 Å². The van der Waals surface area contributed by atoms with Gasteiger partial charge in [-0.15, -0.1) is 0 Å². The maximum absolute atomic E-state index is 8.09. The molecule has 0 unspecified atom stereocenters. The molecule has 4 heteroatoms. The largest absolute Gasteiger partial charge is 0.365 e. The van der Waals surface area contributed by atoms with E-state index in [0.717, 1.165) is 16.8 Å². The Morgan fingerprint density at radius 1 is 1.64 bits per heavy atom. The van der Waals surface area contributed by atoms with Gasteiger partial charge in [0, 0.05) is 16.8 Å². The number of H-pyrrole nitrogens is 1. The fourth-order valence-electron chi connectivity index (χ4n) is 1.03. The first-order chi connectivity index (χ1) is 5.25. The summed E-state index contributed by atoms with van der Waals surface area (Å²) in [7, 11) is 0. The van der Waals surface area contributed by atoms with Crippen molar-refractivity contribution in [2.45, 2.75) is 20.4 Å².